The number of carbonyl (C=O) groups is 1. The minimum Gasteiger partial charge on any atom is -0.492 e. The first-order chi connectivity index (χ1) is 9.58. The van der Waals surface area contributed by atoms with E-state index in [1.54, 1.807) is 4.90 Å². The van der Waals surface area contributed by atoms with E-state index in [2.05, 4.69) is 5.32 Å². The molecule has 0 spiro atoms. The van der Waals surface area contributed by atoms with Crippen molar-refractivity contribution in [2.45, 2.75) is 13.8 Å². The molecule has 1 aromatic carbocycles. The Hall–Kier alpha value is -1.55. The molecule has 0 radical (unpaired) electrons. The molecule has 0 bridgehead atoms. The summed E-state index contributed by atoms with van der Waals surface area (Å²) in [6.45, 7) is 7.13. The van der Waals surface area contributed by atoms with Gasteiger partial charge in [-0.25, -0.2) is 0 Å². The van der Waals surface area contributed by atoms with Crippen molar-refractivity contribution in [3.05, 3.63) is 29.8 Å². The molecule has 1 atom stereocenters. The molecule has 1 amide bonds. The number of benzene rings is 1. The van der Waals surface area contributed by atoms with Crippen molar-refractivity contribution in [2.24, 2.45) is 11.8 Å². The first-order valence-electron chi connectivity index (χ1n) is 7.23. The Bertz CT molecular complexity index is 458. The van der Waals surface area contributed by atoms with Crippen LogP contribution < -0.4 is 10.1 Å². The molecule has 1 heterocycles. The highest BCUT2D eigenvalue weighted by Crippen LogP contribution is 2.18. The van der Waals surface area contributed by atoms with Crippen molar-refractivity contribution in [3.63, 3.8) is 0 Å². The lowest BCUT2D eigenvalue weighted by molar-refractivity contribution is -0.136. The van der Waals surface area contributed by atoms with Crippen molar-refractivity contribution in [1.29, 1.82) is 0 Å². The molecule has 4 heteroatoms. The molecule has 1 aromatic rings. The van der Waals surface area contributed by atoms with Crippen LogP contribution >= 0.6 is 0 Å². The zero-order valence-corrected chi connectivity index (χ0v) is 12.6. The lowest BCUT2D eigenvalue weighted by atomic mass is 9.88. The summed E-state index contributed by atoms with van der Waals surface area (Å²) >= 11 is 0. The zero-order valence-electron chi connectivity index (χ0n) is 12.6. The standard InChI is InChI=1S/C16H24N2O2/c1-12-5-4-6-15(9-12)20-8-7-18(3)16(19)13(2)14-10-17-11-14/h4-6,9,13-14,17H,7-8,10-11H2,1-3H3. The first-order valence-corrected chi connectivity index (χ1v) is 7.23. The average molecular weight is 276 g/mol. The molecule has 1 fully saturated rings. The van der Waals surface area contributed by atoms with Gasteiger partial charge in [-0.05, 0) is 43.6 Å². The van der Waals surface area contributed by atoms with Crippen molar-refractivity contribution in [2.75, 3.05) is 33.3 Å². The number of rotatable bonds is 6. The third-order valence-electron chi connectivity index (χ3n) is 3.97. The summed E-state index contributed by atoms with van der Waals surface area (Å²) in [4.78, 5) is 14.0. The molecule has 0 aromatic heterocycles. The number of hydrogen-bond acceptors (Lipinski definition) is 3. The topological polar surface area (TPSA) is 41.6 Å². The second kappa shape index (κ2) is 6.75. The number of amides is 1. The summed E-state index contributed by atoms with van der Waals surface area (Å²) < 4.78 is 5.68. The van der Waals surface area contributed by atoms with E-state index in [0.717, 1.165) is 18.8 Å². The summed E-state index contributed by atoms with van der Waals surface area (Å²) in [6.07, 6.45) is 0. The van der Waals surface area contributed by atoms with Crippen LogP contribution in [0.15, 0.2) is 24.3 Å². The Morgan fingerprint density at radius 2 is 2.25 bits per heavy atom. The van der Waals surface area contributed by atoms with Gasteiger partial charge in [-0.1, -0.05) is 19.1 Å². The van der Waals surface area contributed by atoms with E-state index in [1.165, 1.54) is 5.56 Å². The third-order valence-corrected chi connectivity index (χ3v) is 3.97. The molecular weight excluding hydrogens is 252 g/mol. The third kappa shape index (κ3) is 3.73. The number of ether oxygens (including phenoxy) is 1. The summed E-state index contributed by atoms with van der Waals surface area (Å²) in [7, 11) is 1.85. The molecule has 110 valence electrons. The average Bonchev–Trinajstić information content (AvgIpc) is 2.35. The van der Waals surface area contributed by atoms with Gasteiger partial charge in [0.2, 0.25) is 5.91 Å². The Kier molecular flexibility index (Phi) is 5.01. The van der Waals surface area contributed by atoms with Gasteiger partial charge in [-0.15, -0.1) is 0 Å². The number of hydrogen-bond donors (Lipinski definition) is 1. The summed E-state index contributed by atoms with van der Waals surface area (Å²) in [5.41, 5.74) is 1.18. The molecule has 1 N–H and O–H groups in total. The molecule has 2 rings (SSSR count). The fourth-order valence-electron chi connectivity index (χ4n) is 2.33. The molecular formula is C16H24N2O2. The number of carbonyl (C=O) groups excluding carboxylic acids is 1. The summed E-state index contributed by atoms with van der Waals surface area (Å²) in [5, 5.41) is 3.21. The highest BCUT2D eigenvalue weighted by Gasteiger charge is 2.30. The smallest absolute Gasteiger partial charge is 0.225 e. The van der Waals surface area contributed by atoms with Crippen LogP contribution in [0.2, 0.25) is 0 Å². The van der Waals surface area contributed by atoms with Gasteiger partial charge in [0.05, 0.1) is 6.54 Å². The SMILES string of the molecule is Cc1cccc(OCCN(C)C(=O)C(C)C2CNC2)c1. The van der Waals surface area contributed by atoms with Crippen LogP contribution in [0.3, 0.4) is 0 Å². The molecule has 1 aliphatic rings. The first kappa shape index (κ1) is 14.9. The van der Waals surface area contributed by atoms with Gasteiger partial charge in [-0.3, -0.25) is 4.79 Å². The predicted octanol–water partition coefficient (Wildman–Crippen LogP) is 1.69. The van der Waals surface area contributed by atoms with E-state index in [4.69, 9.17) is 4.74 Å². The summed E-state index contributed by atoms with van der Waals surface area (Å²) in [5.74, 6) is 1.66. The highest BCUT2D eigenvalue weighted by atomic mass is 16.5. The van der Waals surface area contributed by atoms with E-state index in [1.807, 2.05) is 45.2 Å². The Labute approximate surface area is 121 Å². The maximum Gasteiger partial charge on any atom is 0.225 e. The van der Waals surface area contributed by atoms with Crippen LogP contribution in [-0.2, 0) is 4.79 Å². The van der Waals surface area contributed by atoms with Gasteiger partial charge in [-0.2, -0.15) is 0 Å². The Morgan fingerprint density at radius 3 is 2.85 bits per heavy atom. The van der Waals surface area contributed by atoms with Crippen LogP contribution in [0.1, 0.15) is 12.5 Å². The second-order valence-corrected chi connectivity index (χ2v) is 5.63. The quantitative estimate of drug-likeness (QED) is 0.859. The number of likely N-dealkylation sites (N-methyl/N-ethyl adjacent to an activating group) is 1. The molecule has 1 aliphatic heterocycles. The van der Waals surface area contributed by atoms with Gasteiger partial charge in [0.15, 0.2) is 0 Å². The van der Waals surface area contributed by atoms with Gasteiger partial charge in [0.25, 0.3) is 0 Å². The lowest BCUT2D eigenvalue weighted by Gasteiger charge is -2.33. The van der Waals surface area contributed by atoms with E-state index >= 15 is 0 Å². The van der Waals surface area contributed by atoms with E-state index in [-0.39, 0.29) is 11.8 Å². The lowest BCUT2D eigenvalue weighted by Crippen LogP contribution is -2.50. The highest BCUT2D eigenvalue weighted by molar-refractivity contribution is 5.78. The zero-order chi connectivity index (χ0) is 14.5. The van der Waals surface area contributed by atoms with Crippen molar-refractivity contribution in [3.8, 4) is 5.75 Å². The maximum absolute atomic E-state index is 12.2. The molecule has 0 aliphatic carbocycles. The molecule has 1 saturated heterocycles. The van der Waals surface area contributed by atoms with E-state index in [0.29, 0.717) is 19.1 Å². The van der Waals surface area contributed by atoms with E-state index in [9.17, 15) is 4.79 Å². The monoisotopic (exact) mass is 276 g/mol. The molecule has 0 saturated carbocycles. The minimum absolute atomic E-state index is 0.0974. The number of nitrogens with zero attached hydrogens (tertiary/aromatic N) is 1. The molecule has 1 unspecified atom stereocenters. The van der Waals surface area contributed by atoms with Crippen LogP contribution in [0.25, 0.3) is 0 Å². The van der Waals surface area contributed by atoms with Gasteiger partial charge in [0.1, 0.15) is 12.4 Å². The second-order valence-electron chi connectivity index (χ2n) is 5.63. The minimum atomic E-state index is 0.0974. The van der Waals surface area contributed by atoms with Gasteiger partial charge < -0.3 is 15.0 Å². The van der Waals surface area contributed by atoms with Crippen LogP contribution in [0.5, 0.6) is 5.75 Å². The fourth-order valence-corrected chi connectivity index (χ4v) is 2.33. The van der Waals surface area contributed by atoms with Gasteiger partial charge >= 0.3 is 0 Å². The van der Waals surface area contributed by atoms with Crippen LogP contribution in [0.4, 0.5) is 0 Å². The normalized spacial score (nSPS) is 16.4. The van der Waals surface area contributed by atoms with Crippen molar-refractivity contribution >= 4 is 5.91 Å². The molecule has 20 heavy (non-hydrogen) atoms. The Morgan fingerprint density at radius 1 is 1.50 bits per heavy atom. The largest absolute Gasteiger partial charge is 0.492 e. The molecule has 4 nitrogen and oxygen atoms in total. The summed E-state index contributed by atoms with van der Waals surface area (Å²) in [6, 6.07) is 7.96. The van der Waals surface area contributed by atoms with Crippen molar-refractivity contribution < 1.29 is 9.53 Å². The fraction of sp³-hybridized carbons (Fsp3) is 0.562. The van der Waals surface area contributed by atoms with Gasteiger partial charge in [0, 0.05) is 13.0 Å². The van der Waals surface area contributed by atoms with Crippen molar-refractivity contribution in [1.82, 2.24) is 10.2 Å². The van der Waals surface area contributed by atoms with Crippen LogP contribution in [0, 0.1) is 18.8 Å². The van der Waals surface area contributed by atoms with Crippen LogP contribution in [-0.4, -0.2) is 44.1 Å². The predicted molar refractivity (Wildman–Crippen MR) is 79.8 cm³/mol. The maximum atomic E-state index is 12.2. The Balaban J connectivity index is 1.74. The number of aryl methyl sites for hydroxylation is 1. The van der Waals surface area contributed by atoms with E-state index < -0.39 is 0 Å². The number of nitrogens with one attached hydrogen (secondary N) is 1.